The number of hydrogen-bond donors (Lipinski definition) is 0. The van der Waals surface area contributed by atoms with Gasteiger partial charge in [-0.2, -0.15) is 0 Å². The van der Waals surface area contributed by atoms with Crippen molar-refractivity contribution in [1.29, 1.82) is 0 Å². The highest BCUT2D eigenvalue weighted by atomic mass is 32.2. The number of ether oxygens (including phenoxy) is 2. The highest BCUT2D eigenvalue weighted by Crippen LogP contribution is 2.34. The first-order chi connectivity index (χ1) is 16.1. The minimum Gasteiger partial charge on any atom is -0.482 e. The molecule has 0 saturated carbocycles. The predicted octanol–water partition coefficient (Wildman–Crippen LogP) is 6.06. The molecule has 176 valence electrons. The van der Waals surface area contributed by atoms with Crippen molar-refractivity contribution in [3.8, 4) is 17.6 Å². The van der Waals surface area contributed by atoms with Crippen LogP contribution in [0.2, 0.25) is 0 Å². The first kappa shape index (κ1) is 25.2. The lowest BCUT2D eigenvalue weighted by atomic mass is 10.1. The molecule has 34 heavy (non-hydrogen) atoms. The van der Waals surface area contributed by atoms with Crippen LogP contribution in [0.3, 0.4) is 0 Å². The van der Waals surface area contributed by atoms with Gasteiger partial charge in [-0.25, -0.2) is 22.4 Å². The monoisotopic (exact) mass is 489 g/mol. The average Bonchev–Trinajstić information content (AvgIpc) is 2.71. The van der Waals surface area contributed by atoms with Crippen LogP contribution in [-0.2, 0) is 20.4 Å². The number of carbonyl (C=O) groups excluding carboxylic acids is 1. The number of esters is 1. The van der Waals surface area contributed by atoms with Gasteiger partial charge in [0.25, 0.3) is 0 Å². The van der Waals surface area contributed by atoms with Crippen LogP contribution >= 0.6 is 0 Å². The Morgan fingerprint density at radius 1 is 0.824 bits per heavy atom. The Labute approximate surface area is 198 Å². The third-order valence-corrected chi connectivity index (χ3v) is 6.51. The Kier molecular flexibility index (Phi) is 7.90. The molecule has 0 bridgehead atoms. The summed E-state index contributed by atoms with van der Waals surface area (Å²) in [4.78, 5) is 13.0. The Morgan fingerprint density at radius 2 is 1.29 bits per heavy atom. The van der Waals surface area contributed by atoms with E-state index in [1.54, 1.807) is 45.0 Å². The maximum Gasteiger partial charge on any atom is 0.345 e. The van der Waals surface area contributed by atoms with Gasteiger partial charge in [0.2, 0.25) is 0 Å². The van der Waals surface area contributed by atoms with Crippen molar-refractivity contribution < 1.29 is 31.8 Å². The smallest absolute Gasteiger partial charge is 0.345 e. The van der Waals surface area contributed by atoms with Crippen molar-refractivity contribution in [2.24, 2.45) is 0 Å². The van der Waals surface area contributed by atoms with E-state index in [0.29, 0.717) is 10.6 Å². The predicted molar refractivity (Wildman–Crippen MR) is 120 cm³/mol. The molecule has 3 nitrogen and oxygen atoms in total. The Bertz CT molecular complexity index is 1160. The fourth-order valence-electron chi connectivity index (χ4n) is 3.16. The first-order valence-corrected chi connectivity index (χ1v) is 11.3. The molecule has 3 rings (SSSR count). The first-order valence-electron chi connectivity index (χ1n) is 10.1. The molecule has 0 heterocycles. The van der Waals surface area contributed by atoms with Crippen molar-refractivity contribution in [3.63, 3.8) is 0 Å². The molecular formula is C26H21F4O3S+. The summed E-state index contributed by atoms with van der Waals surface area (Å²) in [6, 6.07) is 12.2. The van der Waals surface area contributed by atoms with Gasteiger partial charge in [0.05, 0.1) is 10.9 Å². The van der Waals surface area contributed by atoms with E-state index in [0.717, 1.165) is 36.4 Å². The molecule has 0 spiro atoms. The Balaban J connectivity index is 1.86. The number of benzene rings is 3. The van der Waals surface area contributed by atoms with Gasteiger partial charge in [-0.05, 0) is 45.0 Å². The number of rotatable bonds is 7. The van der Waals surface area contributed by atoms with E-state index < -0.39 is 45.7 Å². The van der Waals surface area contributed by atoms with Gasteiger partial charge >= 0.3 is 5.97 Å². The molecule has 0 amide bonds. The normalized spacial score (nSPS) is 11.1. The average molecular weight is 490 g/mol. The molecule has 0 aromatic heterocycles. The van der Waals surface area contributed by atoms with Crippen molar-refractivity contribution >= 4 is 16.9 Å². The third kappa shape index (κ3) is 6.78. The largest absolute Gasteiger partial charge is 0.482 e. The Morgan fingerprint density at radius 3 is 1.74 bits per heavy atom. The van der Waals surface area contributed by atoms with E-state index in [2.05, 4.69) is 11.8 Å². The van der Waals surface area contributed by atoms with Crippen LogP contribution in [0.25, 0.3) is 0 Å². The van der Waals surface area contributed by atoms with E-state index >= 15 is 0 Å². The van der Waals surface area contributed by atoms with Gasteiger partial charge in [-0.3, -0.25) is 0 Å². The second-order valence-electron chi connectivity index (χ2n) is 7.64. The highest BCUT2D eigenvalue weighted by molar-refractivity contribution is 7.97. The lowest BCUT2D eigenvalue weighted by molar-refractivity contribution is -0.154. The van der Waals surface area contributed by atoms with E-state index in [4.69, 9.17) is 9.47 Å². The number of halogens is 4. The second-order valence-corrected chi connectivity index (χ2v) is 9.66. The fraction of sp³-hybridized carbons (Fsp3) is 0.192. The van der Waals surface area contributed by atoms with Gasteiger partial charge in [0.15, 0.2) is 26.9 Å². The summed E-state index contributed by atoms with van der Waals surface area (Å²) in [5.74, 6) is 1.94. The lowest BCUT2D eigenvalue weighted by Crippen LogP contribution is -2.29. The van der Waals surface area contributed by atoms with E-state index in [9.17, 15) is 22.4 Å². The van der Waals surface area contributed by atoms with Crippen LogP contribution in [0.1, 0.15) is 20.8 Å². The maximum absolute atomic E-state index is 13.9. The molecule has 0 fully saturated rings. The molecule has 3 aromatic carbocycles. The molecule has 0 aliphatic rings. The zero-order valence-corrected chi connectivity index (χ0v) is 19.4. The molecule has 0 aliphatic heterocycles. The van der Waals surface area contributed by atoms with Crippen LogP contribution in [-0.4, -0.2) is 18.2 Å². The second kappa shape index (κ2) is 10.7. The summed E-state index contributed by atoms with van der Waals surface area (Å²) < 4.78 is 66.4. The van der Waals surface area contributed by atoms with Crippen LogP contribution in [0, 0.1) is 35.1 Å². The summed E-state index contributed by atoms with van der Waals surface area (Å²) >= 11 is 0. The molecule has 0 saturated heterocycles. The van der Waals surface area contributed by atoms with Crippen LogP contribution in [0.4, 0.5) is 17.6 Å². The van der Waals surface area contributed by atoms with Gasteiger partial charge in [0.1, 0.15) is 29.0 Å². The van der Waals surface area contributed by atoms with E-state index in [1.165, 1.54) is 0 Å². The summed E-state index contributed by atoms with van der Waals surface area (Å²) in [6.45, 7) is 4.59. The zero-order chi connectivity index (χ0) is 24.9. The maximum atomic E-state index is 13.9. The standard InChI is InChI=1S/C26H21F4O3S/c1-4-9-26(2,3)33-25(31)16-32-21-5-7-22(8-6-21)34(23-12-17(27)10-18(28)13-23)24-14-19(29)11-20(30)15-24/h5-8,10-15H,16H2,1-3H3/q+1. The van der Waals surface area contributed by atoms with Gasteiger partial charge in [-0.15, -0.1) is 5.92 Å². The Hall–Kier alpha value is -3.44. The quantitative estimate of drug-likeness (QED) is 0.175. The van der Waals surface area contributed by atoms with E-state index in [-0.39, 0.29) is 16.4 Å². The molecule has 3 aromatic rings. The minimum absolute atomic E-state index is 0.207. The van der Waals surface area contributed by atoms with Gasteiger partial charge in [0, 0.05) is 36.4 Å². The summed E-state index contributed by atoms with van der Waals surface area (Å²) in [7, 11) is -1.21. The topological polar surface area (TPSA) is 35.5 Å². The molecule has 0 aliphatic carbocycles. The van der Waals surface area contributed by atoms with Crippen molar-refractivity contribution in [2.75, 3.05) is 6.61 Å². The van der Waals surface area contributed by atoms with Crippen molar-refractivity contribution in [1.82, 2.24) is 0 Å². The fourth-order valence-corrected chi connectivity index (χ4v) is 5.30. The summed E-state index contributed by atoms with van der Waals surface area (Å²) in [6.07, 6.45) is 0. The molecule has 0 radical (unpaired) electrons. The lowest BCUT2D eigenvalue weighted by Gasteiger charge is -2.18. The van der Waals surface area contributed by atoms with Crippen LogP contribution < -0.4 is 4.74 Å². The number of hydrogen-bond acceptors (Lipinski definition) is 3. The van der Waals surface area contributed by atoms with Crippen molar-refractivity contribution in [3.05, 3.63) is 83.9 Å². The van der Waals surface area contributed by atoms with Gasteiger partial charge in [-0.1, -0.05) is 5.92 Å². The van der Waals surface area contributed by atoms with Gasteiger partial charge < -0.3 is 9.47 Å². The third-order valence-electron chi connectivity index (χ3n) is 4.35. The molecule has 0 unspecified atom stereocenters. The SMILES string of the molecule is CC#CC(C)(C)OC(=O)COc1ccc([S+](c2cc(F)cc(F)c2)c2cc(F)cc(F)c2)cc1. The van der Waals surface area contributed by atoms with Crippen LogP contribution in [0.5, 0.6) is 5.75 Å². The number of carbonyl (C=O) groups is 1. The molecule has 0 atom stereocenters. The summed E-state index contributed by atoms with van der Waals surface area (Å²) in [5.41, 5.74) is -0.951. The summed E-state index contributed by atoms with van der Waals surface area (Å²) in [5, 5.41) is 0. The molecule has 0 N–H and O–H groups in total. The zero-order valence-electron chi connectivity index (χ0n) is 18.6. The minimum atomic E-state index is -1.21. The van der Waals surface area contributed by atoms with Crippen molar-refractivity contribution in [2.45, 2.75) is 41.1 Å². The molecular weight excluding hydrogens is 468 g/mol. The molecule has 8 heteroatoms. The van der Waals surface area contributed by atoms with Crippen LogP contribution in [0.15, 0.2) is 75.4 Å². The highest BCUT2D eigenvalue weighted by Gasteiger charge is 2.31. The van der Waals surface area contributed by atoms with E-state index in [1.807, 2.05) is 0 Å².